The standard InChI is InChI=1S/C14H22N2O2/c1-2-16(9-12-3-6-15-7-4-12)10-13-11-18-8-5-14(13)17/h3-4,6-7,13-14,17H,2,5,8-11H2,1H3. The molecule has 18 heavy (non-hydrogen) atoms. The number of hydrogen-bond donors (Lipinski definition) is 1. The number of nitrogens with zero attached hydrogens (tertiary/aromatic N) is 2. The largest absolute Gasteiger partial charge is 0.393 e. The quantitative estimate of drug-likeness (QED) is 0.855. The molecule has 0 bridgehead atoms. The maximum atomic E-state index is 9.96. The fourth-order valence-electron chi connectivity index (χ4n) is 2.34. The van der Waals surface area contributed by atoms with Crippen LogP contribution in [0.2, 0.25) is 0 Å². The van der Waals surface area contributed by atoms with Gasteiger partial charge in [-0.1, -0.05) is 6.92 Å². The van der Waals surface area contributed by atoms with Gasteiger partial charge in [0.25, 0.3) is 0 Å². The first kappa shape index (κ1) is 13.5. The summed E-state index contributed by atoms with van der Waals surface area (Å²) in [6.45, 7) is 6.28. The molecule has 0 aromatic carbocycles. The van der Waals surface area contributed by atoms with E-state index in [9.17, 15) is 5.11 Å². The summed E-state index contributed by atoms with van der Waals surface area (Å²) in [5, 5.41) is 9.96. The van der Waals surface area contributed by atoms with Gasteiger partial charge in [0.1, 0.15) is 0 Å². The Morgan fingerprint density at radius 2 is 2.22 bits per heavy atom. The molecule has 1 aliphatic rings. The highest BCUT2D eigenvalue weighted by molar-refractivity contribution is 5.09. The Balaban J connectivity index is 1.88. The molecule has 0 saturated carbocycles. The van der Waals surface area contributed by atoms with Crippen LogP contribution in [0, 0.1) is 5.92 Å². The van der Waals surface area contributed by atoms with Gasteiger partial charge in [0.2, 0.25) is 0 Å². The topological polar surface area (TPSA) is 45.6 Å². The predicted molar refractivity (Wildman–Crippen MR) is 70.1 cm³/mol. The third-order valence-electron chi connectivity index (χ3n) is 3.53. The lowest BCUT2D eigenvalue weighted by Crippen LogP contribution is -2.40. The van der Waals surface area contributed by atoms with E-state index in [1.165, 1.54) is 5.56 Å². The van der Waals surface area contributed by atoms with Crippen molar-refractivity contribution in [2.75, 3.05) is 26.3 Å². The van der Waals surface area contributed by atoms with Gasteiger partial charge in [0.15, 0.2) is 0 Å². The molecule has 2 rings (SSSR count). The van der Waals surface area contributed by atoms with Crippen molar-refractivity contribution < 1.29 is 9.84 Å². The molecule has 4 nitrogen and oxygen atoms in total. The summed E-state index contributed by atoms with van der Waals surface area (Å²) in [7, 11) is 0. The third-order valence-corrected chi connectivity index (χ3v) is 3.53. The van der Waals surface area contributed by atoms with Gasteiger partial charge in [-0.25, -0.2) is 0 Å². The Morgan fingerprint density at radius 1 is 1.44 bits per heavy atom. The first-order valence-corrected chi connectivity index (χ1v) is 6.66. The number of pyridine rings is 1. The van der Waals surface area contributed by atoms with Gasteiger partial charge < -0.3 is 9.84 Å². The van der Waals surface area contributed by atoms with Crippen LogP contribution in [0.4, 0.5) is 0 Å². The summed E-state index contributed by atoms with van der Waals surface area (Å²) < 4.78 is 5.45. The Bertz CT molecular complexity index is 345. The fraction of sp³-hybridized carbons (Fsp3) is 0.643. The highest BCUT2D eigenvalue weighted by Gasteiger charge is 2.25. The van der Waals surface area contributed by atoms with Crippen molar-refractivity contribution in [2.45, 2.75) is 26.0 Å². The minimum absolute atomic E-state index is 0.217. The van der Waals surface area contributed by atoms with Crippen LogP contribution in [0.5, 0.6) is 0 Å². The van der Waals surface area contributed by atoms with Crippen molar-refractivity contribution in [3.05, 3.63) is 30.1 Å². The van der Waals surface area contributed by atoms with Crippen molar-refractivity contribution in [1.29, 1.82) is 0 Å². The normalized spacial score (nSPS) is 24.4. The zero-order valence-corrected chi connectivity index (χ0v) is 11.0. The smallest absolute Gasteiger partial charge is 0.0624 e. The number of aromatic nitrogens is 1. The van der Waals surface area contributed by atoms with Gasteiger partial charge in [-0.15, -0.1) is 0 Å². The van der Waals surface area contributed by atoms with Crippen molar-refractivity contribution in [1.82, 2.24) is 9.88 Å². The Hall–Kier alpha value is -0.970. The molecule has 0 amide bonds. The van der Waals surface area contributed by atoms with Gasteiger partial charge in [-0.2, -0.15) is 0 Å². The van der Waals surface area contributed by atoms with E-state index in [-0.39, 0.29) is 12.0 Å². The number of aliphatic hydroxyl groups excluding tert-OH is 1. The van der Waals surface area contributed by atoms with Crippen LogP contribution < -0.4 is 0 Å². The number of hydrogen-bond acceptors (Lipinski definition) is 4. The Kier molecular flexibility index (Phi) is 5.11. The molecule has 100 valence electrons. The van der Waals surface area contributed by atoms with Gasteiger partial charge >= 0.3 is 0 Å². The van der Waals surface area contributed by atoms with E-state index in [0.717, 1.165) is 26.1 Å². The van der Waals surface area contributed by atoms with E-state index in [1.54, 1.807) is 0 Å². The van der Waals surface area contributed by atoms with Crippen LogP contribution in [-0.2, 0) is 11.3 Å². The highest BCUT2D eigenvalue weighted by atomic mass is 16.5. The summed E-state index contributed by atoms with van der Waals surface area (Å²) in [6.07, 6.45) is 4.19. The van der Waals surface area contributed by atoms with Crippen molar-refractivity contribution in [3.63, 3.8) is 0 Å². The molecule has 1 N–H and O–H groups in total. The summed E-state index contributed by atoms with van der Waals surface area (Å²) in [5.41, 5.74) is 1.26. The fourth-order valence-corrected chi connectivity index (χ4v) is 2.34. The molecule has 0 spiro atoms. The van der Waals surface area contributed by atoms with Crippen molar-refractivity contribution >= 4 is 0 Å². The third kappa shape index (κ3) is 3.77. The summed E-state index contributed by atoms with van der Waals surface area (Å²) in [6, 6.07) is 4.08. The maximum Gasteiger partial charge on any atom is 0.0624 e. The zero-order chi connectivity index (χ0) is 12.8. The first-order chi connectivity index (χ1) is 8.79. The molecule has 0 aliphatic carbocycles. The number of aliphatic hydroxyl groups is 1. The molecule has 1 saturated heterocycles. The molecule has 2 heterocycles. The van der Waals surface area contributed by atoms with E-state index in [1.807, 2.05) is 24.5 Å². The molecule has 1 aromatic rings. The average molecular weight is 250 g/mol. The van der Waals surface area contributed by atoms with Crippen LogP contribution >= 0.6 is 0 Å². The van der Waals surface area contributed by atoms with E-state index in [4.69, 9.17) is 4.74 Å². The second-order valence-corrected chi connectivity index (χ2v) is 4.87. The Labute approximate surface area is 109 Å². The lowest BCUT2D eigenvalue weighted by atomic mass is 9.98. The minimum Gasteiger partial charge on any atom is -0.393 e. The first-order valence-electron chi connectivity index (χ1n) is 6.66. The molecule has 0 radical (unpaired) electrons. The monoisotopic (exact) mass is 250 g/mol. The predicted octanol–water partition coefficient (Wildman–Crippen LogP) is 1.30. The molecule has 1 fully saturated rings. The lowest BCUT2D eigenvalue weighted by Gasteiger charge is -2.32. The number of rotatable bonds is 5. The molecular weight excluding hydrogens is 228 g/mol. The SMILES string of the molecule is CCN(Cc1ccncc1)CC1COCCC1O. The second kappa shape index (κ2) is 6.83. The van der Waals surface area contributed by atoms with E-state index in [2.05, 4.69) is 16.8 Å². The lowest BCUT2D eigenvalue weighted by molar-refractivity contribution is -0.0469. The van der Waals surface area contributed by atoms with Crippen molar-refractivity contribution in [3.8, 4) is 0 Å². The van der Waals surface area contributed by atoms with Crippen LogP contribution in [0.3, 0.4) is 0 Å². The van der Waals surface area contributed by atoms with Crippen LogP contribution in [0.1, 0.15) is 18.9 Å². The molecule has 1 aromatic heterocycles. The van der Waals surface area contributed by atoms with Crippen LogP contribution in [0.15, 0.2) is 24.5 Å². The molecule has 4 heteroatoms. The molecule has 2 unspecified atom stereocenters. The summed E-state index contributed by atoms with van der Waals surface area (Å²) >= 11 is 0. The number of ether oxygens (including phenoxy) is 1. The van der Waals surface area contributed by atoms with Gasteiger partial charge in [-0.05, 0) is 30.7 Å². The van der Waals surface area contributed by atoms with E-state index >= 15 is 0 Å². The summed E-state index contributed by atoms with van der Waals surface area (Å²) in [4.78, 5) is 6.37. The van der Waals surface area contributed by atoms with Crippen LogP contribution in [0.25, 0.3) is 0 Å². The highest BCUT2D eigenvalue weighted by Crippen LogP contribution is 2.17. The molecule has 2 atom stereocenters. The van der Waals surface area contributed by atoms with E-state index in [0.29, 0.717) is 13.2 Å². The average Bonchev–Trinajstić information content (AvgIpc) is 2.41. The van der Waals surface area contributed by atoms with Gasteiger partial charge in [0, 0.05) is 38.0 Å². The van der Waals surface area contributed by atoms with Gasteiger partial charge in [-0.3, -0.25) is 9.88 Å². The Morgan fingerprint density at radius 3 is 2.89 bits per heavy atom. The minimum atomic E-state index is -0.217. The maximum absolute atomic E-state index is 9.96. The summed E-state index contributed by atoms with van der Waals surface area (Å²) in [5.74, 6) is 0.237. The van der Waals surface area contributed by atoms with Crippen molar-refractivity contribution in [2.24, 2.45) is 5.92 Å². The molecular formula is C14H22N2O2. The zero-order valence-electron chi connectivity index (χ0n) is 11.0. The second-order valence-electron chi connectivity index (χ2n) is 4.87. The molecule has 1 aliphatic heterocycles. The van der Waals surface area contributed by atoms with Crippen LogP contribution in [-0.4, -0.2) is 47.4 Å². The van der Waals surface area contributed by atoms with Gasteiger partial charge in [0.05, 0.1) is 12.7 Å². The van der Waals surface area contributed by atoms with E-state index < -0.39 is 0 Å².